The molecule has 110 valence electrons. The Kier molecular flexibility index (Phi) is 6.60. The highest BCUT2D eigenvalue weighted by atomic mass is 35.5. The summed E-state index contributed by atoms with van der Waals surface area (Å²) >= 11 is 7.16. The number of carboxylic acid groups (broad SMARTS) is 1. The van der Waals surface area contributed by atoms with Crippen LogP contribution in [-0.2, 0) is 4.79 Å². The lowest BCUT2D eigenvalue weighted by Crippen LogP contribution is -2.43. The van der Waals surface area contributed by atoms with Gasteiger partial charge in [-0.1, -0.05) is 11.6 Å². The molecule has 3 N–H and O–H groups in total. The molecule has 0 fully saturated rings. The van der Waals surface area contributed by atoms with Gasteiger partial charge in [0.25, 0.3) is 0 Å². The number of carboxylic acids is 1. The van der Waals surface area contributed by atoms with Crippen LogP contribution in [-0.4, -0.2) is 35.2 Å². The van der Waals surface area contributed by atoms with Crippen molar-refractivity contribution in [2.75, 3.05) is 17.3 Å². The fourth-order valence-electron chi connectivity index (χ4n) is 1.40. The molecule has 5 nitrogen and oxygen atoms in total. The highest BCUT2D eigenvalue weighted by Crippen LogP contribution is 2.19. The molecular formula is C12H14ClFN2O3S. The normalized spacial score (nSPS) is 11.8. The molecule has 1 atom stereocenters. The maximum absolute atomic E-state index is 13.4. The van der Waals surface area contributed by atoms with E-state index in [1.54, 1.807) is 0 Å². The van der Waals surface area contributed by atoms with E-state index in [0.29, 0.717) is 5.75 Å². The standard InChI is InChI=1S/C12H14ClFN2O3S/c1-20-5-4-9(11(17)18)15-12(19)16-10-6-7(13)2-3-8(10)14/h2-3,6,9H,4-5H2,1H3,(H,17,18)(H2,15,16,19). The summed E-state index contributed by atoms with van der Waals surface area (Å²) in [5.41, 5.74) is -0.107. The van der Waals surface area contributed by atoms with Crippen LogP contribution in [0.4, 0.5) is 14.9 Å². The maximum atomic E-state index is 13.4. The first-order valence-corrected chi connectivity index (χ1v) is 7.45. The monoisotopic (exact) mass is 320 g/mol. The van der Waals surface area contributed by atoms with E-state index in [1.165, 1.54) is 23.9 Å². The Morgan fingerprint density at radius 1 is 1.50 bits per heavy atom. The molecule has 1 rings (SSSR count). The van der Waals surface area contributed by atoms with Crippen molar-refractivity contribution >= 4 is 41.1 Å². The van der Waals surface area contributed by atoms with Gasteiger partial charge in [0.1, 0.15) is 11.9 Å². The van der Waals surface area contributed by atoms with Crippen molar-refractivity contribution < 1.29 is 19.1 Å². The van der Waals surface area contributed by atoms with Crippen molar-refractivity contribution in [3.63, 3.8) is 0 Å². The highest BCUT2D eigenvalue weighted by molar-refractivity contribution is 7.98. The van der Waals surface area contributed by atoms with Gasteiger partial charge < -0.3 is 15.7 Å². The zero-order valence-electron chi connectivity index (χ0n) is 10.7. The second-order valence-electron chi connectivity index (χ2n) is 3.89. The molecule has 0 radical (unpaired) electrons. The second kappa shape index (κ2) is 7.96. The summed E-state index contributed by atoms with van der Waals surface area (Å²) in [6.45, 7) is 0. The molecule has 0 aromatic heterocycles. The predicted octanol–water partition coefficient (Wildman–Crippen LogP) is 2.81. The molecule has 0 heterocycles. The Hall–Kier alpha value is -1.47. The Morgan fingerprint density at radius 2 is 2.20 bits per heavy atom. The molecule has 0 bridgehead atoms. The third-order valence-electron chi connectivity index (χ3n) is 2.39. The first kappa shape index (κ1) is 16.6. The Balaban J connectivity index is 2.65. The van der Waals surface area contributed by atoms with Crippen LogP contribution in [0.3, 0.4) is 0 Å². The summed E-state index contributed by atoms with van der Waals surface area (Å²) in [4.78, 5) is 22.6. The van der Waals surface area contributed by atoms with Crippen LogP contribution in [0.1, 0.15) is 6.42 Å². The van der Waals surface area contributed by atoms with E-state index in [9.17, 15) is 14.0 Å². The van der Waals surface area contributed by atoms with Gasteiger partial charge in [0.2, 0.25) is 0 Å². The summed E-state index contributed by atoms with van der Waals surface area (Å²) in [5, 5.41) is 13.7. The lowest BCUT2D eigenvalue weighted by molar-refractivity contribution is -0.139. The first-order valence-electron chi connectivity index (χ1n) is 5.68. The van der Waals surface area contributed by atoms with Crippen molar-refractivity contribution in [2.24, 2.45) is 0 Å². The topological polar surface area (TPSA) is 78.4 Å². The maximum Gasteiger partial charge on any atom is 0.326 e. The third-order valence-corrected chi connectivity index (χ3v) is 3.27. The van der Waals surface area contributed by atoms with E-state index in [4.69, 9.17) is 16.7 Å². The quantitative estimate of drug-likeness (QED) is 0.753. The van der Waals surface area contributed by atoms with Gasteiger partial charge in [0.15, 0.2) is 0 Å². The number of amides is 2. The van der Waals surface area contributed by atoms with E-state index >= 15 is 0 Å². The van der Waals surface area contributed by atoms with E-state index < -0.39 is 23.9 Å². The molecule has 2 amide bonds. The number of carbonyl (C=O) groups excluding carboxylic acids is 1. The molecule has 0 aliphatic carbocycles. The predicted molar refractivity (Wildman–Crippen MR) is 78.0 cm³/mol. The number of benzene rings is 1. The fraction of sp³-hybridized carbons (Fsp3) is 0.333. The summed E-state index contributed by atoms with van der Waals surface area (Å²) < 4.78 is 13.4. The van der Waals surface area contributed by atoms with Crippen molar-refractivity contribution in [3.05, 3.63) is 29.0 Å². The molecule has 8 heteroatoms. The minimum absolute atomic E-state index is 0.107. The fourth-order valence-corrected chi connectivity index (χ4v) is 2.05. The van der Waals surface area contributed by atoms with Crippen molar-refractivity contribution in [1.29, 1.82) is 0 Å². The van der Waals surface area contributed by atoms with Crippen LogP contribution in [0.15, 0.2) is 18.2 Å². The number of thioether (sulfide) groups is 1. The number of aliphatic carboxylic acids is 1. The van der Waals surface area contributed by atoms with E-state index in [1.807, 2.05) is 6.26 Å². The van der Waals surface area contributed by atoms with Crippen molar-refractivity contribution in [3.8, 4) is 0 Å². The van der Waals surface area contributed by atoms with Crippen molar-refractivity contribution in [1.82, 2.24) is 5.32 Å². The first-order chi connectivity index (χ1) is 9.43. The summed E-state index contributed by atoms with van der Waals surface area (Å²) in [7, 11) is 0. The lowest BCUT2D eigenvalue weighted by Gasteiger charge is -2.15. The molecule has 0 spiro atoms. The number of rotatable bonds is 6. The van der Waals surface area contributed by atoms with Crippen molar-refractivity contribution in [2.45, 2.75) is 12.5 Å². The van der Waals surface area contributed by atoms with Gasteiger partial charge in [0, 0.05) is 5.02 Å². The molecule has 20 heavy (non-hydrogen) atoms. The van der Waals surface area contributed by atoms with Crippen LogP contribution in [0.2, 0.25) is 5.02 Å². The number of anilines is 1. The Labute approximate surface area is 124 Å². The van der Waals surface area contributed by atoms with Crippen LogP contribution < -0.4 is 10.6 Å². The number of hydrogen-bond donors (Lipinski definition) is 3. The average Bonchev–Trinajstić information content (AvgIpc) is 2.38. The Morgan fingerprint density at radius 3 is 2.80 bits per heavy atom. The van der Waals surface area contributed by atoms with Gasteiger partial charge in [-0.3, -0.25) is 0 Å². The molecule has 1 aromatic rings. The highest BCUT2D eigenvalue weighted by Gasteiger charge is 2.19. The van der Waals surface area contributed by atoms with Gasteiger partial charge >= 0.3 is 12.0 Å². The third kappa shape index (κ3) is 5.26. The van der Waals surface area contributed by atoms with Gasteiger partial charge in [0.05, 0.1) is 5.69 Å². The summed E-state index contributed by atoms with van der Waals surface area (Å²) in [6, 6.07) is 1.89. The zero-order valence-corrected chi connectivity index (χ0v) is 12.2. The van der Waals surface area contributed by atoms with E-state index in [0.717, 1.165) is 6.07 Å². The lowest BCUT2D eigenvalue weighted by atomic mass is 10.2. The van der Waals surface area contributed by atoms with Gasteiger partial charge in [-0.25, -0.2) is 14.0 Å². The van der Waals surface area contributed by atoms with Crippen LogP contribution >= 0.6 is 23.4 Å². The average molecular weight is 321 g/mol. The molecule has 0 saturated carbocycles. The minimum atomic E-state index is -1.14. The second-order valence-corrected chi connectivity index (χ2v) is 5.32. The molecule has 1 unspecified atom stereocenters. The van der Waals surface area contributed by atoms with Crippen LogP contribution in [0.25, 0.3) is 0 Å². The SMILES string of the molecule is CSCCC(NC(=O)Nc1cc(Cl)ccc1F)C(=O)O. The molecule has 0 aliphatic rings. The van der Waals surface area contributed by atoms with Gasteiger partial charge in [-0.2, -0.15) is 11.8 Å². The number of carbonyl (C=O) groups is 2. The molecular weight excluding hydrogens is 307 g/mol. The van der Waals surface area contributed by atoms with Crippen LogP contribution in [0.5, 0.6) is 0 Å². The Bertz CT molecular complexity index is 502. The summed E-state index contributed by atoms with van der Waals surface area (Å²) in [5.74, 6) is -1.20. The molecule has 0 aliphatic heterocycles. The number of nitrogens with one attached hydrogen (secondary N) is 2. The van der Waals surface area contributed by atoms with Gasteiger partial charge in [-0.05, 0) is 36.6 Å². The number of urea groups is 1. The van der Waals surface area contributed by atoms with Crippen LogP contribution in [0, 0.1) is 5.82 Å². The number of halogens is 2. The smallest absolute Gasteiger partial charge is 0.326 e. The zero-order chi connectivity index (χ0) is 15.1. The minimum Gasteiger partial charge on any atom is -0.480 e. The van der Waals surface area contributed by atoms with E-state index in [-0.39, 0.29) is 17.1 Å². The molecule has 0 saturated heterocycles. The number of hydrogen-bond acceptors (Lipinski definition) is 3. The summed E-state index contributed by atoms with van der Waals surface area (Å²) in [6.07, 6.45) is 2.11. The van der Waals surface area contributed by atoms with Gasteiger partial charge in [-0.15, -0.1) is 0 Å². The van der Waals surface area contributed by atoms with E-state index in [2.05, 4.69) is 10.6 Å². The largest absolute Gasteiger partial charge is 0.480 e. The molecule has 1 aromatic carbocycles.